The van der Waals surface area contributed by atoms with E-state index >= 15 is 0 Å². The molecule has 0 aliphatic carbocycles. The summed E-state index contributed by atoms with van der Waals surface area (Å²) in [5.41, 5.74) is 0.568. The van der Waals surface area contributed by atoms with E-state index in [1.165, 1.54) is 0 Å². The van der Waals surface area contributed by atoms with E-state index in [9.17, 15) is 9.59 Å². The summed E-state index contributed by atoms with van der Waals surface area (Å²) in [5, 5.41) is 3.26. The van der Waals surface area contributed by atoms with E-state index in [-0.39, 0.29) is 11.8 Å². The monoisotopic (exact) mass is 390 g/mol. The van der Waals surface area contributed by atoms with Crippen molar-refractivity contribution in [2.45, 2.75) is 6.42 Å². The number of nitrogens with zero attached hydrogens (tertiary/aromatic N) is 3. The largest absolute Gasteiger partial charge is 0.497 e. The molecule has 1 aromatic rings. The molecule has 8 nitrogen and oxygen atoms in total. The van der Waals surface area contributed by atoms with Crippen molar-refractivity contribution < 1.29 is 19.1 Å². The molecule has 2 fully saturated rings. The van der Waals surface area contributed by atoms with Crippen molar-refractivity contribution in [3.8, 4) is 11.5 Å². The summed E-state index contributed by atoms with van der Waals surface area (Å²) in [7, 11) is 3.15. The fraction of sp³-hybridized carbons (Fsp3) is 0.600. The highest BCUT2D eigenvalue weighted by Crippen LogP contribution is 2.23. The van der Waals surface area contributed by atoms with Gasteiger partial charge in [-0.1, -0.05) is 0 Å². The van der Waals surface area contributed by atoms with Gasteiger partial charge in [-0.2, -0.15) is 0 Å². The second kappa shape index (κ2) is 9.75. The fourth-order valence-corrected chi connectivity index (χ4v) is 3.61. The Morgan fingerprint density at radius 2 is 1.50 bits per heavy atom. The van der Waals surface area contributed by atoms with Crippen LogP contribution in [-0.4, -0.2) is 99.6 Å². The van der Waals surface area contributed by atoms with Crippen LogP contribution in [0.3, 0.4) is 0 Å². The van der Waals surface area contributed by atoms with Crippen molar-refractivity contribution >= 4 is 11.8 Å². The van der Waals surface area contributed by atoms with Crippen molar-refractivity contribution in [2.24, 2.45) is 0 Å². The molecule has 0 unspecified atom stereocenters. The molecule has 2 aliphatic rings. The van der Waals surface area contributed by atoms with Crippen LogP contribution >= 0.6 is 0 Å². The van der Waals surface area contributed by atoms with Crippen molar-refractivity contribution in [3.05, 3.63) is 23.8 Å². The first-order valence-electron chi connectivity index (χ1n) is 9.84. The fourth-order valence-electron chi connectivity index (χ4n) is 3.61. The molecule has 3 rings (SSSR count). The molecule has 0 aromatic heterocycles. The molecular formula is C20H30N4O4. The topological polar surface area (TPSA) is 74.4 Å². The van der Waals surface area contributed by atoms with Crippen LogP contribution in [0.15, 0.2) is 18.2 Å². The first-order chi connectivity index (χ1) is 13.6. The van der Waals surface area contributed by atoms with Gasteiger partial charge in [-0.3, -0.25) is 14.5 Å². The highest BCUT2D eigenvalue weighted by atomic mass is 16.5. The van der Waals surface area contributed by atoms with Crippen LogP contribution in [0.5, 0.6) is 11.5 Å². The quantitative estimate of drug-likeness (QED) is 0.752. The number of amides is 2. The third-order valence-electron chi connectivity index (χ3n) is 5.37. The third-order valence-corrected chi connectivity index (χ3v) is 5.37. The maximum atomic E-state index is 12.8. The number of nitrogens with one attached hydrogen (secondary N) is 1. The predicted molar refractivity (Wildman–Crippen MR) is 106 cm³/mol. The average molecular weight is 390 g/mol. The molecule has 2 aliphatic heterocycles. The number of piperazine rings is 2. The average Bonchev–Trinajstić information content (AvgIpc) is 2.77. The second-order valence-corrected chi connectivity index (χ2v) is 7.12. The van der Waals surface area contributed by atoms with Gasteiger partial charge in [-0.15, -0.1) is 0 Å². The van der Waals surface area contributed by atoms with Crippen LogP contribution in [0.4, 0.5) is 0 Å². The Hall–Kier alpha value is -2.32. The maximum Gasteiger partial charge on any atom is 0.254 e. The molecule has 1 aromatic carbocycles. The van der Waals surface area contributed by atoms with Crippen LogP contribution in [0.1, 0.15) is 16.8 Å². The van der Waals surface area contributed by atoms with Gasteiger partial charge >= 0.3 is 0 Å². The molecule has 28 heavy (non-hydrogen) atoms. The number of rotatable bonds is 6. The summed E-state index contributed by atoms with van der Waals surface area (Å²) in [6.45, 7) is 6.96. The summed E-state index contributed by atoms with van der Waals surface area (Å²) in [6, 6.07) is 5.23. The zero-order valence-electron chi connectivity index (χ0n) is 16.8. The first kappa shape index (κ1) is 20.4. The molecule has 2 amide bonds. The maximum absolute atomic E-state index is 12.8. The molecule has 8 heteroatoms. The normalized spacial score (nSPS) is 18.1. The zero-order valence-corrected chi connectivity index (χ0v) is 16.8. The van der Waals surface area contributed by atoms with E-state index in [2.05, 4.69) is 10.2 Å². The Morgan fingerprint density at radius 3 is 2.07 bits per heavy atom. The van der Waals surface area contributed by atoms with E-state index in [4.69, 9.17) is 9.47 Å². The Kier molecular flexibility index (Phi) is 7.11. The summed E-state index contributed by atoms with van der Waals surface area (Å²) < 4.78 is 10.5. The molecule has 0 radical (unpaired) electrons. The number of benzene rings is 1. The molecule has 2 saturated heterocycles. The molecule has 0 saturated carbocycles. The lowest BCUT2D eigenvalue weighted by molar-refractivity contribution is -0.132. The minimum absolute atomic E-state index is 0.0197. The lowest BCUT2D eigenvalue weighted by Gasteiger charge is -2.35. The highest BCUT2D eigenvalue weighted by Gasteiger charge is 2.24. The van der Waals surface area contributed by atoms with Crippen molar-refractivity contribution in [1.29, 1.82) is 0 Å². The Morgan fingerprint density at radius 1 is 0.893 bits per heavy atom. The van der Waals surface area contributed by atoms with Gasteiger partial charge in [0.25, 0.3) is 5.91 Å². The van der Waals surface area contributed by atoms with E-state index in [0.29, 0.717) is 36.6 Å². The smallest absolute Gasteiger partial charge is 0.254 e. The lowest BCUT2D eigenvalue weighted by Crippen LogP contribution is -2.50. The molecule has 0 bridgehead atoms. The molecular weight excluding hydrogens is 360 g/mol. The Balaban J connectivity index is 1.48. The summed E-state index contributed by atoms with van der Waals surface area (Å²) in [6.07, 6.45) is 0.543. The van der Waals surface area contributed by atoms with Crippen LogP contribution < -0.4 is 14.8 Å². The molecule has 0 spiro atoms. The van der Waals surface area contributed by atoms with Gasteiger partial charge in [0, 0.05) is 77.0 Å². The van der Waals surface area contributed by atoms with E-state index < -0.39 is 0 Å². The summed E-state index contributed by atoms with van der Waals surface area (Å²) in [4.78, 5) is 31.2. The lowest BCUT2D eigenvalue weighted by atomic mass is 10.1. The number of methoxy groups -OCH3 is 2. The number of carbonyl (C=O) groups excluding carboxylic acids is 2. The van der Waals surface area contributed by atoms with Crippen LogP contribution in [0, 0.1) is 0 Å². The van der Waals surface area contributed by atoms with Gasteiger partial charge in [-0.25, -0.2) is 0 Å². The van der Waals surface area contributed by atoms with Gasteiger partial charge in [0.05, 0.1) is 14.2 Å². The van der Waals surface area contributed by atoms with E-state index in [1.807, 2.05) is 9.80 Å². The van der Waals surface area contributed by atoms with Gasteiger partial charge in [0.15, 0.2) is 0 Å². The standard InChI is InChI=1S/C20H30N4O4/c1-27-17-13-16(14-18(15-17)28-2)20(26)24-11-9-22(10-12-24)6-3-19(25)23-7-4-21-5-8-23/h13-15,21H,3-12H2,1-2H3. The zero-order chi connectivity index (χ0) is 19.9. The molecule has 154 valence electrons. The van der Waals surface area contributed by atoms with E-state index in [1.54, 1.807) is 32.4 Å². The summed E-state index contributed by atoms with van der Waals surface area (Å²) in [5.74, 6) is 1.41. The Labute approximate surface area is 166 Å². The second-order valence-electron chi connectivity index (χ2n) is 7.12. The van der Waals surface area contributed by atoms with Gasteiger partial charge in [0.2, 0.25) is 5.91 Å². The minimum atomic E-state index is -0.0197. The number of carbonyl (C=O) groups is 2. The van der Waals surface area contributed by atoms with Crippen molar-refractivity contribution in [1.82, 2.24) is 20.0 Å². The van der Waals surface area contributed by atoms with Crippen LogP contribution in [0.2, 0.25) is 0 Å². The van der Waals surface area contributed by atoms with Gasteiger partial charge < -0.3 is 24.6 Å². The van der Waals surface area contributed by atoms with Crippen molar-refractivity contribution in [3.63, 3.8) is 0 Å². The van der Waals surface area contributed by atoms with Crippen LogP contribution in [-0.2, 0) is 4.79 Å². The molecule has 2 heterocycles. The Bertz CT molecular complexity index is 661. The third kappa shape index (κ3) is 5.14. The SMILES string of the molecule is COc1cc(OC)cc(C(=O)N2CCN(CCC(=O)N3CCNCC3)CC2)c1. The predicted octanol–water partition coefficient (Wildman–Crippen LogP) is 0.284. The molecule has 1 N–H and O–H groups in total. The van der Waals surface area contributed by atoms with E-state index in [0.717, 1.165) is 45.8 Å². The summed E-state index contributed by atoms with van der Waals surface area (Å²) >= 11 is 0. The molecule has 0 atom stereocenters. The van der Waals surface area contributed by atoms with Gasteiger partial charge in [-0.05, 0) is 12.1 Å². The first-order valence-corrected chi connectivity index (χ1v) is 9.84. The number of hydrogen-bond acceptors (Lipinski definition) is 6. The number of hydrogen-bond donors (Lipinski definition) is 1. The number of ether oxygens (including phenoxy) is 2. The highest BCUT2D eigenvalue weighted by molar-refractivity contribution is 5.95. The van der Waals surface area contributed by atoms with Crippen LogP contribution in [0.25, 0.3) is 0 Å². The minimum Gasteiger partial charge on any atom is -0.497 e. The van der Waals surface area contributed by atoms with Crippen molar-refractivity contribution in [2.75, 3.05) is 73.1 Å². The van der Waals surface area contributed by atoms with Gasteiger partial charge in [0.1, 0.15) is 11.5 Å².